The van der Waals surface area contributed by atoms with Crippen LogP contribution in [0, 0.1) is 17.3 Å². The number of allylic oxidation sites excluding steroid dienone is 1. The number of esters is 1. The molecule has 42 heavy (non-hydrogen) atoms. The summed E-state index contributed by atoms with van der Waals surface area (Å²) in [7, 11) is 1.36. The summed E-state index contributed by atoms with van der Waals surface area (Å²) in [6.45, 7) is 14.6. The number of carboxylic acid groups (broad SMARTS) is 1. The summed E-state index contributed by atoms with van der Waals surface area (Å²) in [5.41, 5.74) is 2.35. The van der Waals surface area contributed by atoms with Crippen LogP contribution in [0.25, 0.3) is 0 Å². The van der Waals surface area contributed by atoms with Gasteiger partial charge in [0.25, 0.3) is 0 Å². The predicted molar refractivity (Wildman–Crippen MR) is 165 cm³/mol. The van der Waals surface area contributed by atoms with Crippen molar-refractivity contribution in [2.24, 2.45) is 17.3 Å². The molecule has 0 saturated carbocycles. The van der Waals surface area contributed by atoms with Crippen molar-refractivity contribution in [3.05, 3.63) is 76.5 Å². The van der Waals surface area contributed by atoms with Gasteiger partial charge in [-0.3, -0.25) is 4.79 Å². The number of rotatable bonds is 4. The molecule has 5 rings (SSSR count). The molecule has 3 N–H and O–H groups in total. The van der Waals surface area contributed by atoms with Crippen LogP contribution < -0.4 is 15.4 Å². The highest BCUT2D eigenvalue weighted by Gasteiger charge is 2.57. The Morgan fingerprint density at radius 2 is 1.69 bits per heavy atom. The highest BCUT2D eigenvalue weighted by molar-refractivity contribution is 5.92. The molecule has 0 amide bonds. The normalized spacial score (nSPS) is 27.4. The Hall–Kier alpha value is -3.32. The zero-order valence-electron chi connectivity index (χ0n) is 26.3. The lowest BCUT2D eigenvalue weighted by Gasteiger charge is -2.53. The van der Waals surface area contributed by atoms with Gasteiger partial charge in [0, 0.05) is 23.1 Å². The van der Waals surface area contributed by atoms with Gasteiger partial charge in [-0.1, -0.05) is 82.6 Å². The molecule has 0 aliphatic carbocycles. The molecule has 5 unspecified atom stereocenters. The zero-order chi connectivity index (χ0) is 30.7. The SMILES string of the molecule is C1CCNCC1.COC(=O)C1C(c2cccc3c2OC(c2ccccc2)C(C)C3)C(C(=O)O)=C(C)NC1(C)C(C)(C)C. The van der Waals surface area contributed by atoms with E-state index in [0.717, 1.165) is 17.5 Å². The van der Waals surface area contributed by atoms with E-state index in [9.17, 15) is 14.7 Å². The molecule has 2 aromatic carbocycles. The number of piperidine rings is 1. The number of carbonyl (C=O) groups is 2. The van der Waals surface area contributed by atoms with E-state index in [1.165, 1.54) is 39.5 Å². The number of nitrogens with one attached hydrogen (secondary N) is 2. The van der Waals surface area contributed by atoms with Gasteiger partial charge < -0.3 is 25.2 Å². The van der Waals surface area contributed by atoms with Gasteiger partial charge in [-0.25, -0.2) is 4.79 Å². The molecule has 2 aromatic rings. The van der Waals surface area contributed by atoms with Gasteiger partial charge in [-0.05, 0) is 62.7 Å². The molecular weight excluding hydrogens is 528 g/mol. The third kappa shape index (κ3) is 6.22. The first-order valence-electron chi connectivity index (χ1n) is 15.2. The molecule has 0 radical (unpaired) electrons. The zero-order valence-corrected chi connectivity index (χ0v) is 26.3. The first kappa shape index (κ1) is 31.6. The van der Waals surface area contributed by atoms with Gasteiger partial charge in [0.15, 0.2) is 0 Å². The molecule has 7 heteroatoms. The number of benzene rings is 2. The fourth-order valence-electron chi connectivity index (χ4n) is 6.74. The van der Waals surface area contributed by atoms with E-state index in [1.807, 2.05) is 43.3 Å². The summed E-state index contributed by atoms with van der Waals surface area (Å²) in [6.07, 6.45) is 4.83. The van der Waals surface area contributed by atoms with Crippen molar-refractivity contribution < 1.29 is 24.2 Å². The maximum Gasteiger partial charge on any atom is 0.333 e. The fraction of sp³-hybridized carbons (Fsp3) is 0.543. The monoisotopic (exact) mass is 576 g/mol. The van der Waals surface area contributed by atoms with E-state index in [1.54, 1.807) is 6.92 Å². The summed E-state index contributed by atoms with van der Waals surface area (Å²) >= 11 is 0. The van der Waals surface area contributed by atoms with E-state index >= 15 is 0 Å². The van der Waals surface area contributed by atoms with Crippen LogP contribution in [0.4, 0.5) is 0 Å². The summed E-state index contributed by atoms with van der Waals surface area (Å²) in [4.78, 5) is 26.2. The minimum absolute atomic E-state index is 0.166. The van der Waals surface area contributed by atoms with Gasteiger partial charge in [0.1, 0.15) is 11.9 Å². The van der Waals surface area contributed by atoms with E-state index < -0.39 is 34.7 Å². The predicted octanol–water partition coefficient (Wildman–Crippen LogP) is 6.40. The molecule has 0 bridgehead atoms. The molecule has 0 aromatic heterocycles. The van der Waals surface area contributed by atoms with Crippen LogP contribution in [0.15, 0.2) is 59.8 Å². The van der Waals surface area contributed by atoms with Crippen LogP contribution in [0.1, 0.15) is 89.5 Å². The number of hydrogen-bond donors (Lipinski definition) is 3. The maximum atomic E-state index is 13.5. The van der Waals surface area contributed by atoms with Crippen LogP contribution in [-0.4, -0.2) is 42.8 Å². The Morgan fingerprint density at radius 3 is 2.21 bits per heavy atom. The van der Waals surface area contributed by atoms with E-state index in [-0.39, 0.29) is 17.6 Å². The van der Waals surface area contributed by atoms with Crippen molar-refractivity contribution in [3.63, 3.8) is 0 Å². The maximum absolute atomic E-state index is 13.5. The van der Waals surface area contributed by atoms with Crippen molar-refractivity contribution in [3.8, 4) is 5.75 Å². The third-order valence-corrected chi connectivity index (χ3v) is 9.46. The second-order valence-electron chi connectivity index (χ2n) is 13.2. The molecule has 1 saturated heterocycles. The van der Waals surface area contributed by atoms with E-state index in [2.05, 4.69) is 50.5 Å². The smallest absolute Gasteiger partial charge is 0.333 e. The first-order valence-corrected chi connectivity index (χ1v) is 15.2. The lowest BCUT2D eigenvalue weighted by atomic mass is 9.58. The van der Waals surface area contributed by atoms with Gasteiger partial charge in [-0.2, -0.15) is 0 Å². The summed E-state index contributed by atoms with van der Waals surface area (Å²) < 4.78 is 12.0. The third-order valence-electron chi connectivity index (χ3n) is 9.46. The van der Waals surface area contributed by atoms with Crippen molar-refractivity contribution in [2.75, 3.05) is 20.2 Å². The molecule has 3 aliphatic heterocycles. The average molecular weight is 577 g/mol. The van der Waals surface area contributed by atoms with Gasteiger partial charge in [-0.15, -0.1) is 0 Å². The highest BCUT2D eigenvalue weighted by Crippen LogP contribution is 2.53. The van der Waals surface area contributed by atoms with Crippen LogP contribution in [0.5, 0.6) is 5.75 Å². The van der Waals surface area contributed by atoms with Crippen molar-refractivity contribution in [2.45, 2.75) is 84.8 Å². The second-order valence-corrected chi connectivity index (χ2v) is 13.2. The topological polar surface area (TPSA) is 96.9 Å². The quantitative estimate of drug-likeness (QED) is 0.363. The number of fused-ring (bicyclic) bond motifs is 1. The summed E-state index contributed by atoms with van der Waals surface area (Å²) in [5.74, 6) is -2.14. The standard InChI is InChI=1S/C30H37NO5.C5H11N/c1-17-16-20-14-11-15-21(26(20)36-25(17)19-12-9-8-10-13-19)23-22(27(32)33)18(2)31-30(6,29(3,4)5)24(23)28(34)35-7;1-2-4-6-5-3-1/h8-15,17,23-25,31H,16H2,1-7H3,(H,32,33);6H,1-5H2. The number of carboxylic acids is 1. The summed E-state index contributed by atoms with van der Waals surface area (Å²) in [5, 5.41) is 17.1. The van der Waals surface area contributed by atoms with Crippen molar-refractivity contribution in [1.29, 1.82) is 0 Å². The highest BCUT2D eigenvalue weighted by atomic mass is 16.5. The Bertz CT molecular complexity index is 1280. The van der Waals surface area contributed by atoms with Gasteiger partial charge in [0.05, 0.1) is 24.1 Å². The second kappa shape index (κ2) is 12.9. The molecule has 3 aliphatic rings. The van der Waals surface area contributed by atoms with Crippen LogP contribution in [-0.2, 0) is 20.7 Å². The average Bonchev–Trinajstić information content (AvgIpc) is 2.96. The first-order chi connectivity index (χ1) is 19.9. The molecule has 1 fully saturated rings. The lowest BCUT2D eigenvalue weighted by molar-refractivity contribution is -0.152. The lowest BCUT2D eigenvalue weighted by Crippen LogP contribution is -2.64. The molecule has 0 spiro atoms. The summed E-state index contributed by atoms with van der Waals surface area (Å²) in [6, 6.07) is 16.0. The van der Waals surface area contributed by atoms with Crippen LogP contribution in [0.3, 0.4) is 0 Å². The van der Waals surface area contributed by atoms with Crippen LogP contribution >= 0.6 is 0 Å². The number of aliphatic carboxylic acids is 1. The minimum atomic E-state index is -1.06. The minimum Gasteiger partial charge on any atom is -0.485 e. The van der Waals surface area contributed by atoms with Crippen molar-refractivity contribution in [1.82, 2.24) is 10.6 Å². The largest absolute Gasteiger partial charge is 0.485 e. The Morgan fingerprint density at radius 1 is 1.02 bits per heavy atom. The van der Waals surface area contributed by atoms with Gasteiger partial charge in [0.2, 0.25) is 0 Å². The Balaban J connectivity index is 0.000000600. The number of ether oxygens (including phenoxy) is 2. The molecule has 3 heterocycles. The molecule has 5 atom stereocenters. The van der Waals surface area contributed by atoms with Gasteiger partial charge >= 0.3 is 11.9 Å². The fourth-order valence-corrected chi connectivity index (χ4v) is 6.74. The number of methoxy groups -OCH3 is 1. The molecular formula is C35H48N2O5. The molecule has 7 nitrogen and oxygen atoms in total. The van der Waals surface area contributed by atoms with Crippen molar-refractivity contribution >= 4 is 11.9 Å². The Kier molecular flexibility index (Phi) is 9.71. The van der Waals surface area contributed by atoms with E-state index in [0.29, 0.717) is 17.0 Å². The number of para-hydroxylation sites is 1. The van der Waals surface area contributed by atoms with E-state index in [4.69, 9.17) is 9.47 Å². The Labute approximate surface area is 251 Å². The van der Waals surface area contributed by atoms with Crippen LogP contribution in [0.2, 0.25) is 0 Å². The molecule has 228 valence electrons. The number of hydrogen-bond acceptors (Lipinski definition) is 6. The number of carbonyl (C=O) groups excluding carboxylic acids is 1.